The highest BCUT2D eigenvalue weighted by atomic mass is 32.2. The molecule has 1 heterocycles. The van der Waals surface area contributed by atoms with Gasteiger partial charge in [-0.15, -0.1) is 0 Å². The maximum absolute atomic E-state index is 13.7. The molecule has 5 nitrogen and oxygen atoms in total. The van der Waals surface area contributed by atoms with E-state index in [1.165, 1.54) is 12.3 Å². The van der Waals surface area contributed by atoms with E-state index in [1.54, 1.807) is 13.8 Å². The average Bonchev–Trinajstić information content (AvgIpc) is 2.76. The maximum Gasteiger partial charge on any atom is 0.258 e. The molecule has 0 radical (unpaired) electrons. The Morgan fingerprint density at radius 1 is 1.25 bits per heavy atom. The summed E-state index contributed by atoms with van der Waals surface area (Å²) >= 11 is 0. The Balaban J connectivity index is 2.54. The number of sulfonamides is 1. The summed E-state index contributed by atoms with van der Waals surface area (Å²) in [7, 11) is -3.83. The van der Waals surface area contributed by atoms with Crippen molar-refractivity contribution in [2.75, 3.05) is 0 Å². The first kappa shape index (κ1) is 14.6. The van der Waals surface area contributed by atoms with E-state index in [1.807, 2.05) is 0 Å². The summed E-state index contributed by atoms with van der Waals surface area (Å²) in [5.41, 5.74) is -0.138. The van der Waals surface area contributed by atoms with E-state index in [2.05, 4.69) is 9.82 Å². The summed E-state index contributed by atoms with van der Waals surface area (Å²) in [6, 6.07) is 3.76. The highest BCUT2D eigenvalue weighted by molar-refractivity contribution is 7.89. The summed E-state index contributed by atoms with van der Waals surface area (Å²) < 4.78 is 54.1. The molecule has 0 fully saturated rings. The molecule has 2 aromatic rings. The van der Waals surface area contributed by atoms with Gasteiger partial charge in [-0.2, -0.15) is 5.10 Å². The number of hydrogen-bond acceptors (Lipinski definition) is 3. The van der Waals surface area contributed by atoms with Gasteiger partial charge in [-0.05, 0) is 32.0 Å². The number of nitrogens with zero attached hydrogens (tertiary/aromatic N) is 2. The lowest BCUT2D eigenvalue weighted by Crippen LogP contribution is -2.31. The summed E-state index contributed by atoms with van der Waals surface area (Å²) in [5, 5.41) is 3.57. The van der Waals surface area contributed by atoms with Crippen molar-refractivity contribution in [3.63, 3.8) is 0 Å². The molecule has 1 N–H and O–H groups in total. The van der Waals surface area contributed by atoms with Gasteiger partial charge in [0.1, 0.15) is 11.5 Å². The molecule has 0 spiro atoms. The van der Waals surface area contributed by atoms with Gasteiger partial charge in [0.2, 0.25) is 0 Å². The predicted octanol–water partition coefficient (Wildman–Crippen LogP) is 1.84. The Morgan fingerprint density at radius 3 is 2.55 bits per heavy atom. The molecule has 8 heteroatoms. The van der Waals surface area contributed by atoms with Crippen molar-refractivity contribution in [3.05, 3.63) is 42.1 Å². The molecule has 0 saturated carbocycles. The molecule has 0 bridgehead atoms. The van der Waals surface area contributed by atoms with Crippen LogP contribution in [0.4, 0.5) is 8.78 Å². The maximum atomic E-state index is 13.7. The SMILES string of the molecule is CC(C)NS(=O)(=O)c1ccnn1-c1ccc(F)cc1F. The van der Waals surface area contributed by atoms with Crippen molar-refractivity contribution in [2.45, 2.75) is 24.9 Å². The quantitative estimate of drug-likeness (QED) is 0.937. The Kier molecular flexibility index (Phi) is 3.87. The fourth-order valence-corrected chi connectivity index (χ4v) is 3.05. The van der Waals surface area contributed by atoms with E-state index >= 15 is 0 Å². The zero-order chi connectivity index (χ0) is 14.9. The molecule has 0 aliphatic carbocycles. The van der Waals surface area contributed by atoms with Gasteiger partial charge in [-0.25, -0.2) is 26.6 Å². The van der Waals surface area contributed by atoms with Crippen LogP contribution in [0.2, 0.25) is 0 Å². The zero-order valence-electron chi connectivity index (χ0n) is 10.8. The number of nitrogens with one attached hydrogen (secondary N) is 1. The smallest absolute Gasteiger partial charge is 0.218 e. The topological polar surface area (TPSA) is 64.0 Å². The van der Waals surface area contributed by atoms with Crippen molar-refractivity contribution in [1.29, 1.82) is 0 Å². The fraction of sp³-hybridized carbons (Fsp3) is 0.250. The zero-order valence-corrected chi connectivity index (χ0v) is 11.7. The number of rotatable bonds is 4. The van der Waals surface area contributed by atoms with Gasteiger partial charge in [0.15, 0.2) is 10.8 Å². The second kappa shape index (κ2) is 5.29. The van der Waals surface area contributed by atoms with Crippen LogP contribution in [-0.4, -0.2) is 24.2 Å². The first-order valence-corrected chi connectivity index (χ1v) is 7.31. The first-order valence-electron chi connectivity index (χ1n) is 5.83. The molecule has 0 atom stereocenters. The van der Waals surface area contributed by atoms with Crippen LogP contribution in [0.1, 0.15) is 13.8 Å². The number of hydrogen-bond donors (Lipinski definition) is 1. The first-order chi connectivity index (χ1) is 9.31. The fourth-order valence-electron chi connectivity index (χ4n) is 1.70. The third kappa shape index (κ3) is 2.86. The van der Waals surface area contributed by atoms with Crippen molar-refractivity contribution in [3.8, 4) is 5.69 Å². The van der Waals surface area contributed by atoms with Crippen LogP contribution in [0.25, 0.3) is 5.69 Å². The molecule has 0 unspecified atom stereocenters. The molecule has 1 aromatic heterocycles. The van der Waals surface area contributed by atoms with Gasteiger partial charge in [0.05, 0.1) is 6.20 Å². The van der Waals surface area contributed by atoms with Crippen molar-refractivity contribution < 1.29 is 17.2 Å². The second-order valence-electron chi connectivity index (χ2n) is 4.45. The van der Waals surface area contributed by atoms with Gasteiger partial charge in [-0.3, -0.25) is 0 Å². The van der Waals surface area contributed by atoms with Crippen molar-refractivity contribution in [2.24, 2.45) is 0 Å². The molecule has 2 rings (SSSR count). The van der Waals surface area contributed by atoms with Crippen LogP contribution < -0.4 is 4.72 Å². The van der Waals surface area contributed by atoms with Crippen LogP contribution in [0.15, 0.2) is 35.5 Å². The Morgan fingerprint density at radius 2 is 1.95 bits per heavy atom. The van der Waals surface area contributed by atoms with Gasteiger partial charge in [0, 0.05) is 12.1 Å². The highest BCUT2D eigenvalue weighted by Crippen LogP contribution is 2.19. The summed E-state index contributed by atoms with van der Waals surface area (Å²) in [5.74, 6) is -1.64. The molecule has 20 heavy (non-hydrogen) atoms. The van der Waals surface area contributed by atoms with E-state index in [0.717, 1.165) is 16.8 Å². The van der Waals surface area contributed by atoms with Crippen molar-refractivity contribution in [1.82, 2.24) is 14.5 Å². The number of halogens is 2. The minimum Gasteiger partial charge on any atom is -0.218 e. The monoisotopic (exact) mass is 301 g/mol. The van der Waals surface area contributed by atoms with Gasteiger partial charge in [-0.1, -0.05) is 0 Å². The third-order valence-electron chi connectivity index (χ3n) is 2.41. The summed E-state index contributed by atoms with van der Waals surface area (Å²) in [6.45, 7) is 3.33. The summed E-state index contributed by atoms with van der Waals surface area (Å²) in [6.07, 6.45) is 1.23. The molecular formula is C12H13F2N3O2S. The minimum absolute atomic E-state index is 0.138. The Labute approximate surface area is 115 Å². The van der Waals surface area contributed by atoms with E-state index in [9.17, 15) is 17.2 Å². The normalized spacial score (nSPS) is 12.1. The second-order valence-corrected chi connectivity index (χ2v) is 6.11. The largest absolute Gasteiger partial charge is 0.258 e. The third-order valence-corrected chi connectivity index (χ3v) is 4.05. The lowest BCUT2D eigenvalue weighted by Gasteiger charge is -2.12. The molecule has 108 valence electrons. The Hall–Kier alpha value is -1.80. The van der Waals surface area contributed by atoms with Gasteiger partial charge >= 0.3 is 0 Å². The van der Waals surface area contributed by atoms with Gasteiger partial charge in [0.25, 0.3) is 10.0 Å². The van der Waals surface area contributed by atoms with Crippen LogP contribution >= 0.6 is 0 Å². The average molecular weight is 301 g/mol. The van der Waals surface area contributed by atoms with E-state index < -0.39 is 21.7 Å². The molecular weight excluding hydrogens is 288 g/mol. The van der Waals surface area contributed by atoms with Crippen LogP contribution in [0, 0.1) is 11.6 Å². The van der Waals surface area contributed by atoms with E-state index in [0.29, 0.717) is 6.07 Å². The van der Waals surface area contributed by atoms with E-state index in [-0.39, 0.29) is 16.8 Å². The number of aromatic nitrogens is 2. The van der Waals surface area contributed by atoms with Crippen LogP contribution in [0.3, 0.4) is 0 Å². The molecule has 0 aliphatic rings. The number of benzene rings is 1. The molecule has 0 saturated heterocycles. The minimum atomic E-state index is -3.83. The standard InChI is InChI=1S/C12H13F2N3O2S/c1-8(2)16-20(18,19)12-5-6-15-17(12)11-4-3-9(13)7-10(11)14/h3-8,16H,1-2H3. The molecule has 0 amide bonds. The Bertz CT molecular complexity index is 726. The molecule has 0 aliphatic heterocycles. The van der Waals surface area contributed by atoms with Gasteiger partial charge < -0.3 is 0 Å². The summed E-state index contributed by atoms with van der Waals surface area (Å²) in [4.78, 5) is 0. The van der Waals surface area contributed by atoms with Crippen LogP contribution in [-0.2, 0) is 10.0 Å². The predicted molar refractivity (Wildman–Crippen MR) is 68.9 cm³/mol. The van der Waals surface area contributed by atoms with Crippen LogP contribution in [0.5, 0.6) is 0 Å². The van der Waals surface area contributed by atoms with Crippen molar-refractivity contribution >= 4 is 10.0 Å². The highest BCUT2D eigenvalue weighted by Gasteiger charge is 2.22. The lowest BCUT2D eigenvalue weighted by atomic mass is 10.3. The lowest BCUT2D eigenvalue weighted by molar-refractivity contribution is 0.551. The molecule has 1 aromatic carbocycles. The van der Waals surface area contributed by atoms with E-state index in [4.69, 9.17) is 0 Å².